The van der Waals surface area contributed by atoms with Gasteiger partial charge in [-0.15, -0.1) is 5.10 Å². The predicted octanol–water partition coefficient (Wildman–Crippen LogP) is 3.56. The second-order valence-electron chi connectivity index (χ2n) is 8.98. The standard InChI is InChI=1S/C22H33N5O2/c1-16(2)19-24-25-21(29-19)27-14-12-26(13-15-27)20(28)23-11-10-17-6-8-18(9-7-17)22(3,4)5/h6-9,16H,10-15H2,1-5H3,(H,23,28). The van der Waals surface area contributed by atoms with Crippen LogP contribution in [0.1, 0.15) is 57.6 Å². The van der Waals surface area contributed by atoms with Gasteiger partial charge in [-0.25, -0.2) is 4.79 Å². The number of rotatable bonds is 5. The molecule has 2 aromatic rings. The summed E-state index contributed by atoms with van der Waals surface area (Å²) in [6.07, 6.45) is 0.829. The molecule has 0 unspecified atom stereocenters. The molecule has 29 heavy (non-hydrogen) atoms. The Bertz CT molecular complexity index is 799. The van der Waals surface area contributed by atoms with E-state index in [0.717, 1.165) is 6.42 Å². The Morgan fingerprint density at radius 1 is 1.10 bits per heavy atom. The van der Waals surface area contributed by atoms with E-state index in [1.807, 2.05) is 23.6 Å². The number of amides is 2. The highest BCUT2D eigenvalue weighted by Crippen LogP contribution is 2.22. The molecule has 158 valence electrons. The van der Waals surface area contributed by atoms with E-state index in [9.17, 15) is 4.79 Å². The number of aromatic nitrogens is 2. The van der Waals surface area contributed by atoms with Gasteiger partial charge in [0.2, 0.25) is 5.89 Å². The van der Waals surface area contributed by atoms with Gasteiger partial charge >= 0.3 is 12.0 Å². The number of piperazine rings is 1. The number of hydrogen-bond acceptors (Lipinski definition) is 5. The molecule has 1 aliphatic heterocycles. The molecule has 0 atom stereocenters. The van der Waals surface area contributed by atoms with Crippen molar-refractivity contribution >= 4 is 12.0 Å². The molecule has 0 aliphatic carbocycles. The van der Waals surface area contributed by atoms with Crippen molar-refractivity contribution in [3.05, 3.63) is 41.3 Å². The van der Waals surface area contributed by atoms with Crippen LogP contribution in [-0.2, 0) is 11.8 Å². The first-order valence-corrected chi connectivity index (χ1v) is 10.4. The molecular weight excluding hydrogens is 366 g/mol. The second kappa shape index (κ2) is 8.84. The van der Waals surface area contributed by atoms with Gasteiger partial charge in [-0.3, -0.25) is 0 Å². The number of nitrogens with one attached hydrogen (secondary N) is 1. The summed E-state index contributed by atoms with van der Waals surface area (Å²) in [6.45, 7) is 14.0. The van der Waals surface area contributed by atoms with Gasteiger partial charge in [0.05, 0.1) is 0 Å². The van der Waals surface area contributed by atoms with Gasteiger partial charge in [0.25, 0.3) is 0 Å². The molecule has 1 N–H and O–H groups in total. The van der Waals surface area contributed by atoms with Crippen molar-refractivity contribution in [2.75, 3.05) is 37.6 Å². The van der Waals surface area contributed by atoms with E-state index >= 15 is 0 Å². The monoisotopic (exact) mass is 399 g/mol. The summed E-state index contributed by atoms with van der Waals surface area (Å²) in [4.78, 5) is 16.3. The third kappa shape index (κ3) is 5.49. The number of carbonyl (C=O) groups excluding carboxylic acids is 1. The highest BCUT2D eigenvalue weighted by molar-refractivity contribution is 5.74. The maximum Gasteiger partial charge on any atom is 0.318 e. The summed E-state index contributed by atoms with van der Waals surface area (Å²) in [5.41, 5.74) is 2.72. The summed E-state index contributed by atoms with van der Waals surface area (Å²) >= 11 is 0. The fourth-order valence-corrected chi connectivity index (χ4v) is 3.29. The molecule has 0 bridgehead atoms. The van der Waals surface area contributed by atoms with Crippen LogP contribution < -0.4 is 10.2 Å². The molecule has 1 aromatic heterocycles. The molecule has 3 rings (SSSR count). The minimum Gasteiger partial charge on any atom is -0.408 e. The van der Waals surface area contributed by atoms with E-state index in [0.29, 0.717) is 44.6 Å². The summed E-state index contributed by atoms with van der Waals surface area (Å²) in [5.74, 6) is 0.865. The van der Waals surface area contributed by atoms with Crippen molar-refractivity contribution in [2.24, 2.45) is 0 Å². The third-order valence-electron chi connectivity index (χ3n) is 5.27. The van der Waals surface area contributed by atoms with Crippen molar-refractivity contribution in [1.82, 2.24) is 20.4 Å². The van der Waals surface area contributed by atoms with E-state index in [-0.39, 0.29) is 17.4 Å². The van der Waals surface area contributed by atoms with E-state index in [1.54, 1.807) is 0 Å². The van der Waals surface area contributed by atoms with Crippen LogP contribution in [0.3, 0.4) is 0 Å². The predicted molar refractivity (Wildman–Crippen MR) is 114 cm³/mol. The van der Waals surface area contributed by atoms with Crippen molar-refractivity contribution in [3.63, 3.8) is 0 Å². The highest BCUT2D eigenvalue weighted by atomic mass is 16.4. The van der Waals surface area contributed by atoms with Crippen LogP contribution in [0.15, 0.2) is 28.7 Å². The van der Waals surface area contributed by atoms with E-state index in [1.165, 1.54) is 11.1 Å². The molecule has 0 saturated carbocycles. The molecule has 1 aromatic carbocycles. The number of urea groups is 1. The third-order valence-corrected chi connectivity index (χ3v) is 5.27. The largest absolute Gasteiger partial charge is 0.408 e. The normalized spacial score (nSPS) is 15.1. The first-order valence-electron chi connectivity index (χ1n) is 10.4. The van der Waals surface area contributed by atoms with Gasteiger partial charge in [0.1, 0.15) is 0 Å². The average Bonchev–Trinajstić information content (AvgIpc) is 3.18. The fraction of sp³-hybridized carbons (Fsp3) is 0.591. The van der Waals surface area contributed by atoms with Crippen LogP contribution in [0.25, 0.3) is 0 Å². The smallest absolute Gasteiger partial charge is 0.318 e. The SMILES string of the molecule is CC(C)c1nnc(N2CCN(C(=O)NCCc3ccc(C(C)(C)C)cc3)CC2)o1. The van der Waals surface area contributed by atoms with Crippen molar-refractivity contribution in [3.8, 4) is 0 Å². The first-order chi connectivity index (χ1) is 13.7. The van der Waals surface area contributed by atoms with E-state index in [4.69, 9.17) is 4.42 Å². The molecule has 2 amide bonds. The molecule has 0 radical (unpaired) electrons. The van der Waals surface area contributed by atoms with Gasteiger partial charge < -0.3 is 19.5 Å². The van der Waals surface area contributed by atoms with Crippen molar-refractivity contribution in [1.29, 1.82) is 0 Å². The van der Waals surface area contributed by atoms with Crippen molar-refractivity contribution in [2.45, 2.75) is 52.4 Å². The Balaban J connectivity index is 1.41. The van der Waals surface area contributed by atoms with Gasteiger partial charge in [0, 0.05) is 38.6 Å². The Morgan fingerprint density at radius 3 is 2.31 bits per heavy atom. The summed E-state index contributed by atoms with van der Waals surface area (Å²) in [7, 11) is 0. The quantitative estimate of drug-likeness (QED) is 0.832. The minimum absolute atomic E-state index is 0.00985. The lowest BCUT2D eigenvalue weighted by molar-refractivity contribution is 0.193. The minimum atomic E-state index is -0.00985. The lowest BCUT2D eigenvalue weighted by Crippen LogP contribution is -2.52. The van der Waals surface area contributed by atoms with Crippen molar-refractivity contribution < 1.29 is 9.21 Å². The zero-order chi connectivity index (χ0) is 21.0. The van der Waals surface area contributed by atoms with E-state index < -0.39 is 0 Å². The summed E-state index contributed by atoms with van der Waals surface area (Å²) < 4.78 is 5.71. The van der Waals surface area contributed by atoms with Crippen LogP contribution in [0, 0.1) is 0 Å². The van der Waals surface area contributed by atoms with E-state index in [2.05, 4.69) is 60.6 Å². The summed E-state index contributed by atoms with van der Waals surface area (Å²) in [6, 6.07) is 9.21. The second-order valence-corrected chi connectivity index (χ2v) is 8.98. The molecule has 1 saturated heterocycles. The zero-order valence-corrected chi connectivity index (χ0v) is 18.2. The maximum absolute atomic E-state index is 12.5. The number of carbonyl (C=O) groups is 1. The number of hydrogen-bond donors (Lipinski definition) is 1. The zero-order valence-electron chi connectivity index (χ0n) is 18.2. The maximum atomic E-state index is 12.5. The highest BCUT2D eigenvalue weighted by Gasteiger charge is 2.24. The molecule has 0 spiro atoms. The lowest BCUT2D eigenvalue weighted by Gasteiger charge is -2.33. The molecule has 1 aliphatic rings. The molecular formula is C22H33N5O2. The Labute approximate surface area is 173 Å². The number of anilines is 1. The lowest BCUT2D eigenvalue weighted by atomic mass is 9.86. The topological polar surface area (TPSA) is 74.5 Å². The Kier molecular flexibility index (Phi) is 6.45. The van der Waals surface area contributed by atoms with Gasteiger partial charge in [-0.1, -0.05) is 64.0 Å². The molecule has 1 fully saturated rings. The van der Waals surface area contributed by atoms with Gasteiger partial charge in [-0.05, 0) is 23.0 Å². The number of nitrogens with zero attached hydrogens (tertiary/aromatic N) is 4. The van der Waals surface area contributed by atoms with Crippen LogP contribution in [0.4, 0.5) is 10.8 Å². The van der Waals surface area contributed by atoms with Gasteiger partial charge in [-0.2, -0.15) is 0 Å². The molecule has 2 heterocycles. The Morgan fingerprint density at radius 2 is 1.76 bits per heavy atom. The fourth-order valence-electron chi connectivity index (χ4n) is 3.29. The van der Waals surface area contributed by atoms with Crippen LogP contribution in [0.5, 0.6) is 0 Å². The number of benzene rings is 1. The van der Waals surface area contributed by atoms with Crippen LogP contribution >= 0.6 is 0 Å². The first kappa shape index (κ1) is 21.1. The van der Waals surface area contributed by atoms with Crippen LogP contribution in [-0.4, -0.2) is 53.9 Å². The van der Waals surface area contributed by atoms with Gasteiger partial charge in [0.15, 0.2) is 0 Å². The average molecular weight is 400 g/mol. The van der Waals surface area contributed by atoms with Crippen LogP contribution in [0.2, 0.25) is 0 Å². The molecule has 7 heteroatoms. The Hall–Kier alpha value is -2.57. The molecule has 7 nitrogen and oxygen atoms in total. The summed E-state index contributed by atoms with van der Waals surface area (Å²) in [5, 5.41) is 11.2.